The highest BCUT2D eigenvalue weighted by atomic mass is 16.5. The molecule has 1 N–H and O–H groups in total. The zero-order valence-electron chi connectivity index (χ0n) is 20.1. The van der Waals surface area contributed by atoms with Gasteiger partial charge in [0.2, 0.25) is 0 Å². The van der Waals surface area contributed by atoms with Crippen molar-refractivity contribution >= 4 is 23.7 Å². The SMILES string of the molecule is COC(=O)c1ccc([C@H]2[C@@H](C(=O)OCC(C)C)C(=O)C[C@@](C)(O)[C@@H]2C(=O)OCC(C)C)cc1. The Morgan fingerprint density at radius 2 is 1.52 bits per heavy atom. The maximum Gasteiger partial charge on any atom is 0.337 e. The quantitative estimate of drug-likeness (QED) is 0.356. The molecule has 0 bridgehead atoms. The molecule has 0 amide bonds. The van der Waals surface area contributed by atoms with E-state index in [0.29, 0.717) is 5.56 Å². The summed E-state index contributed by atoms with van der Waals surface area (Å²) in [5, 5.41) is 11.1. The predicted octanol–water partition coefficient (Wildman–Crippen LogP) is 2.91. The Bertz CT molecular complexity index is 869. The summed E-state index contributed by atoms with van der Waals surface area (Å²) in [7, 11) is 1.26. The van der Waals surface area contributed by atoms with Crippen LogP contribution in [-0.2, 0) is 28.6 Å². The van der Waals surface area contributed by atoms with E-state index in [1.165, 1.54) is 26.2 Å². The average molecular weight is 463 g/mol. The van der Waals surface area contributed by atoms with Gasteiger partial charge < -0.3 is 19.3 Å². The van der Waals surface area contributed by atoms with Crippen molar-refractivity contribution in [3.63, 3.8) is 0 Å². The van der Waals surface area contributed by atoms with Gasteiger partial charge in [0.05, 0.1) is 37.4 Å². The summed E-state index contributed by atoms with van der Waals surface area (Å²) >= 11 is 0. The Kier molecular flexibility index (Phi) is 8.77. The number of ketones is 1. The minimum Gasteiger partial charge on any atom is -0.465 e. The molecule has 1 aliphatic carbocycles. The van der Waals surface area contributed by atoms with Crippen LogP contribution in [0.3, 0.4) is 0 Å². The molecule has 0 aromatic heterocycles. The maximum atomic E-state index is 13.1. The largest absolute Gasteiger partial charge is 0.465 e. The Morgan fingerprint density at radius 1 is 1.00 bits per heavy atom. The van der Waals surface area contributed by atoms with E-state index in [-0.39, 0.29) is 37.0 Å². The summed E-state index contributed by atoms with van der Waals surface area (Å²) in [6, 6.07) is 6.08. The van der Waals surface area contributed by atoms with Gasteiger partial charge >= 0.3 is 17.9 Å². The number of benzene rings is 1. The van der Waals surface area contributed by atoms with Crippen LogP contribution in [0.2, 0.25) is 0 Å². The smallest absolute Gasteiger partial charge is 0.337 e. The number of carbonyl (C=O) groups is 4. The number of rotatable bonds is 8. The first-order valence-corrected chi connectivity index (χ1v) is 11.2. The first-order chi connectivity index (χ1) is 15.4. The van der Waals surface area contributed by atoms with Crippen molar-refractivity contribution in [1.82, 2.24) is 0 Å². The van der Waals surface area contributed by atoms with Crippen LogP contribution >= 0.6 is 0 Å². The highest BCUT2D eigenvalue weighted by molar-refractivity contribution is 6.03. The summed E-state index contributed by atoms with van der Waals surface area (Å²) in [6.07, 6.45) is -0.382. The van der Waals surface area contributed by atoms with E-state index in [2.05, 4.69) is 0 Å². The van der Waals surface area contributed by atoms with Crippen LogP contribution < -0.4 is 0 Å². The minimum atomic E-state index is -1.73. The number of carbonyl (C=O) groups excluding carboxylic acids is 4. The molecule has 33 heavy (non-hydrogen) atoms. The Hall–Kier alpha value is -2.74. The summed E-state index contributed by atoms with van der Waals surface area (Å²) in [6.45, 7) is 9.16. The van der Waals surface area contributed by atoms with E-state index in [4.69, 9.17) is 14.2 Å². The number of hydrogen-bond acceptors (Lipinski definition) is 8. The molecule has 0 unspecified atom stereocenters. The van der Waals surface area contributed by atoms with Crippen molar-refractivity contribution in [3.8, 4) is 0 Å². The molecule has 0 radical (unpaired) electrons. The number of ether oxygens (including phenoxy) is 3. The maximum absolute atomic E-state index is 13.1. The first kappa shape index (κ1) is 26.5. The second kappa shape index (κ2) is 10.9. The zero-order chi connectivity index (χ0) is 24.9. The van der Waals surface area contributed by atoms with E-state index in [1.54, 1.807) is 12.1 Å². The van der Waals surface area contributed by atoms with Gasteiger partial charge in [-0.05, 0) is 36.5 Å². The molecular formula is C25H34O8. The lowest BCUT2D eigenvalue weighted by atomic mass is 9.61. The monoisotopic (exact) mass is 462 g/mol. The third-order valence-corrected chi connectivity index (χ3v) is 5.61. The number of aliphatic hydroxyl groups is 1. The van der Waals surface area contributed by atoms with E-state index < -0.39 is 47.0 Å². The highest BCUT2D eigenvalue weighted by Crippen LogP contribution is 2.46. The van der Waals surface area contributed by atoms with Gasteiger partial charge in [-0.1, -0.05) is 39.8 Å². The standard InChI is InChI=1S/C25H34O8/c1-14(2)12-32-23(28)20-18(26)11-25(5,30)21(24(29)33-13-15(3)4)19(20)16-7-9-17(10-8-16)22(27)31-6/h7-10,14-15,19-21,30H,11-13H2,1-6H3/t19-,20-,21-,25+/m0/s1. The second-order valence-electron chi connectivity index (χ2n) is 9.64. The minimum absolute atomic E-state index is 0.0559. The molecule has 8 heteroatoms. The molecule has 1 fully saturated rings. The van der Waals surface area contributed by atoms with Gasteiger partial charge in [0, 0.05) is 12.3 Å². The summed E-state index contributed by atoms with van der Waals surface area (Å²) in [5.41, 5.74) is -1.02. The molecule has 4 atom stereocenters. The topological polar surface area (TPSA) is 116 Å². The second-order valence-corrected chi connectivity index (χ2v) is 9.64. The van der Waals surface area contributed by atoms with Crippen molar-refractivity contribution in [2.75, 3.05) is 20.3 Å². The fraction of sp³-hybridized carbons (Fsp3) is 0.600. The fourth-order valence-corrected chi connectivity index (χ4v) is 4.05. The summed E-state index contributed by atoms with van der Waals surface area (Å²) in [5.74, 6) is -5.86. The van der Waals surface area contributed by atoms with Crippen molar-refractivity contribution in [2.45, 2.75) is 52.6 Å². The normalized spacial score (nSPS) is 25.1. The Morgan fingerprint density at radius 3 is 2.00 bits per heavy atom. The van der Waals surface area contributed by atoms with E-state index >= 15 is 0 Å². The molecule has 182 valence electrons. The van der Waals surface area contributed by atoms with Crippen LogP contribution in [0, 0.1) is 23.7 Å². The van der Waals surface area contributed by atoms with Crippen LogP contribution in [0.5, 0.6) is 0 Å². The van der Waals surface area contributed by atoms with Crippen molar-refractivity contribution in [2.24, 2.45) is 23.7 Å². The molecule has 1 aromatic carbocycles. The molecule has 1 aliphatic rings. The van der Waals surface area contributed by atoms with Crippen LogP contribution in [0.15, 0.2) is 24.3 Å². The predicted molar refractivity (Wildman–Crippen MR) is 119 cm³/mol. The third-order valence-electron chi connectivity index (χ3n) is 5.61. The average Bonchev–Trinajstić information content (AvgIpc) is 2.74. The van der Waals surface area contributed by atoms with Gasteiger partial charge in [0.15, 0.2) is 5.78 Å². The summed E-state index contributed by atoms with van der Waals surface area (Å²) < 4.78 is 15.5. The van der Waals surface area contributed by atoms with Gasteiger partial charge in [-0.15, -0.1) is 0 Å². The van der Waals surface area contributed by atoms with Crippen LogP contribution in [0.25, 0.3) is 0 Å². The van der Waals surface area contributed by atoms with E-state index in [9.17, 15) is 24.3 Å². The molecule has 1 aromatic rings. The lowest BCUT2D eigenvalue weighted by Crippen LogP contribution is -2.55. The molecule has 1 saturated carbocycles. The number of esters is 3. The number of Topliss-reactive ketones (excluding diaryl/α,β-unsaturated/α-hetero) is 1. The van der Waals surface area contributed by atoms with Gasteiger partial charge in [-0.2, -0.15) is 0 Å². The van der Waals surface area contributed by atoms with Crippen molar-refractivity contribution < 1.29 is 38.5 Å². The molecule has 8 nitrogen and oxygen atoms in total. The molecule has 0 saturated heterocycles. The van der Waals surface area contributed by atoms with Gasteiger partial charge in [-0.3, -0.25) is 14.4 Å². The van der Waals surface area contributed by atoms with E-state index in [0.717, 1.165) is 0 Å². The lowest BCUT2D eigenvalue weighted by Gasteiger charge is -2.43. The van der Waals surface area contributed by atoms with E-state index in [1.807, 2.05) is 27.7 Å². The molecule has 0 heterocycles. The third kappa shape index (κ3) is 6.41. The van der Waals surface area contributed by atoms with Gasteiger partial charge in [0.25, 0.3) is 0 Å². The lowest BCUT2D eigenvalue weighted by molar-refractivity contribution is -0.174. The van der Waals surface area contributed by atoms with Gasteiger partial charge in [0.1, 0.15) is 5.92 Å². The van der Waals surface area contributed by atoms with Crippen LogP contribution in [-0.4, -0.2) is 54.7 Å². The van der Waals surface area contributed by atoms with Crippen molar-refractivity contribution in [3.05, 3.63) is 35.4 Å². The van der Waals surface area contributed by atoms with Crippen LogP contribution in [0.1, 0.15) is 62.9 Å². The Balaban J connectivity index is 2.55. The number of methoxy groups -OCH3 is 1. The Labute approximate surface area is 194 Å². The molecule has 2 rings (SSSR count). The fourth-order valence-electron chi connectivity index (χ4n) is 4.05. The first-order valence-electron chi connectivity index (χ1n) is 11.2. The summed E-state index contributed by atoms with van der Waals surface area (Å²) in [4.78, 5) is 51.0. The zero-order valence-corrected chi connectivity index (χ0v) is 20.1. The van der Waals surface area contributed by atoms with Crippen molar-refractivity contribution in [1.29, 1.82) is 0 Å². The number of hydrogen-bond donors (Lipinski definition) is 1. The molecule has 0 aliphatic heterocycles. The van der Waals surface area contributed by atoms with Crippen LogP contribution in [0.4, 0.5) is 0 Å². The molecule has 0 spiro atoms. The molecular weight excluding hydrogens is 428 g/mol. The van der Waals surface area contributed by atoms with Gasteiger partial charge in [-0.25, -0.2) is 4.79 Å². The highest BCUT2D eigenvalue weighted by Gasteiger charge is 2.57.